The molecular formula is C28H26N4O6S. The minimum atomic E-state index is -0.671. The third-order valence-corrected chi connectivity index (χ3v) is 7.36. The fraction of sp³-hybridized carbons (Fsp3) is 0.250. The van der Waals surface area contributed by atoms with E-state index in [1.165, 1.54) is 0 Å². The van der Waals surface area contributed by atoms with Crippen molar-refractivity contribution in [1.82, 2.24) is 9.78 Å². The van der Waals surface area contributed by atoms with Crippen LogP contribution in [-0.4, -0.2) is 47.8 Å². The van der Waals surface area contributed by atoms with E-state index < -0.39 is 23.4 Å². The third-order valence-electron chi connectivity index (χ3n) is 6.46. The highest BCUT2D eigenvalue weighted by Crippen LogP contribution is 2.33. The highest BCUT2D eigenvalue weighted by atomic mass is 32.1. The Labute approximate surface area is 227 Å². The van der Waals surface area contributed by atoms with Crippen molar-refractivity contribution in [1.29, 1.82) is 0 Å². The van der Waals surface area contributed by atoms with E-state index in [0.29, 0.717) is 22.5 Å². The Morgan fingerprint density at radius 2 is 1.90 bits per heavy atom. The number of rotatable bonds is 7. The number of nitrogens with zero attached hydrogens (tertiary/aromatic N) is 3. The van der Waals surface area contributed by atoms with Crippen LogP contribution in [0.3, 0.4) is 0 Å². The Morgan fingerprint density at radius 1 is 1.13 bits per heavy atom. The van der Waals surface area contributed by atoms with Gasteiger partial charge in [-0.3, -0.25) is 14.4 Å². The number of anilines is 2. The molecule has 1 aliphatic rings. The van der Waals surface area contributed by atoms with Crippen molar-refractivity contribution >= 4 is 50.6 Å². The number of nitrogens with one attached hydrogen (secondary N) is 1. The second-order valence-corrected chi connectivity index (χ2v) is 9.95. The maximum Gasteiger partial charge on any atom is 0.359 e. The minimum Gasteiger partial charge on any atom is -0.497 e. The lowest BCUT2D eigenvalue weighted by Gasteiger charge is -2.17. The van der Waals surface area contributed by atoms with Gasteiger partial charge in [-0.15, -0.1) is 11.3 Å². The molecule has 1 aliphatic heterocycles. The van der Waals surface area contributed by atoms with Crippen molar-refractivity contribution in [2.45, 2.75) is 20.3 Å². The fourth-order valence-corrected chi connectivity index (χ4v) is 5.49. The molecule has 0 aliphatic carbocycles. The molecule has 11 heteroatoms. The van der Waals surface area contributed by atoms with Crippen molar-refractivity contribution in [3.8, 4) is 11.4 Å². The Bertz CT molecular complexity index is 1660. The highest BCUT2D eigenvalue weighted by Gasteiger charge is 2.36. The van der Waals surface area contributed by atoms with E-state index in [1.807, 2.05) is 13.0 Å². The quantitative estimate of drug-likeness (QED) is 0.349. The lowest BCUT2D eigenvalue weighted by molar-refractivity contribution is -0.122. The van der Waals surface area contributed by atoms with Crippen LogP contribution in [0.2, 0.25) is 0 Å². The maximum absolute atomic E-state index is 13.6. The summed E-state index contributed by atoms with van der Waals surface area (Å²) in [5.41, 5.74) is 1.52. The van der Waals surface area contributed by atoms with Crippen molar-refractivity contribution in [2.24, 2.45) is 5.92 Å². The van der Waals surface area contributed by atoms with Crippen molar-refractivity contribution in [2.75, 3.05) is 30.5 Å². The van der Waals surface area contributed by atoms with Gasteiger partial charge in [0, 0.05) is 35.5 Å². The molecule has 0 bridgehead atoms. The molecule has 0 radical (unpaired) electrons. The van der Waals surface area contributed by atoms with Crippen LogP contribution in [0.4, 0.5) is 10.7 Å². The highest BCUT2D eigenvalue weighted by molar-refractivity contribution is 7.16. The molecule has 39 heavy (non-hydrogen) atoms. The smallest absolute Gasteiger partial charge is 0.359 e. The summed E-state index contributed by atoms with van der Waals surface area (Å²) < 4.78 is 11.6. The Morgan fingerprint density at radius 3 is 2.64 bits per heavy atom. The van der Waals surface area contributed by atoms with E-state index in [2.05, 4.69) is 10.4 Å². The summed E-state index contributed by atoms with van der Waals surface area (Å²) in [5, 5.41) is 9.50. The van der Waals surface area contributed by atoms with Crippen LogP contribution in [0.15, 0.2) is 58.7 Å². The van der Waals surface area contributed by atoms with Gasteiger partial charge in [0.05, 0.1) is 30.7 Å². The number of aryl methyl sites for hydroxylation is 1. The first-order valence-corrected chi connectivity index (χ1v) is 13.2. The molecular weight excluding hydrogens is 520 g/mol. The van der Waals surface area contributed by atoms with Crippen LogP contribution in [-0.2, 0) is 14.3 Å². The van der Waals surface area contributed by atoms with Gasteiger partial charge in [-0.1, -0.05) is 18.2 Å². The lowest BCUT2D eigenvalue weighted by Crippen LogP contribution is -2.29. The van der Waals surface area contributed by atoms with Gasteiger partial charge >= 0.3 is 5.97 Å². The summed E-state index contributed by atoms with van der Waals surface area (Å²) >= 11 is 1.12. The van der Waals surface area contributed by atoms with Crippen molar-refractivity contribution < 1.29 is 23.9 Å². The normalized spacial score (nSPS) is 15.0. The minimum absolute atomic E-state index is 0.0232. The number of benzene rings is 2. The second-order valence-electron chi connectivity index (χ2n) is 9.07. The zero-order valence-corrected chi connectivity index (χ0v) is 22.4. The molecule has 2 amide bonds. The number of hydrogen-bond donors (Lipinski definition) is 1. The van der Waals surface area contributed by atoms with E-state index in [1.54, 1.807) is 66.8 Å². The molecule has 2 aromatic carbocycles. The number of esters is 1. The number of thiophene rings is 1. The number of hydrogen-bond acceptors (Lipinski definition) is 8. The monoisotopic (exact) mass is 546 g/mol. The molecule has 1 N–H and O–H groups in total. The first-order valence-electron chi connectivity index (χ1n) is 12.3. The van der Waals surface area contributed by atoms with Crippen LogP contribution >= 0.6 is 11.3 Å². The first kappa shape index (κ1) is 26.1. The van der Waals surface area contributed by atoms with Crippen LogP contribution in [0.25, 0.3) is 16.5 Å². The molecule has 0 spiro atoms. The van der Waals surface area contributed by atoms with E-state index in [-0.39, 0.29) is 41.6 Å². The molecule has 5 rings (SSSR count). The molecule has 3 heterocycles. The molecule has 1 atom stereocenters. The Hall–Kier alpha value is -4.51. The molecule has 2 aromatic heterocycles. The Balaban J connectivity index is 1.49. The average Bonchev–Trinajstić information content (AvgIpc) is 3.53. The summed E-state index contributed by atoms with van der Waals surface area (Å²) in [4.78, 5) is 54.0. The van der Waals surface area contributed by atoms with Gasteiger partial charge in [0.2, 0.25) is 11.8 Å². The van der Waals surface area contributed by atoms with Crippen LogP contribution < -0.4 is 20.5 Å². The number of amides is 2. The van der Waals surface area contributed by atoms with Gasteiger partial charge in [-0.2, -0.15) is 9.78 Å². The molecule has 4 aromatic rings. The van der Waals surface area contributed by atoms with Crippen molar-refractivity contribution in [3.63, 3.8) is 0 Å². The number of fused-ring (bicyclic) bond motifs is 1. The number of aromatic nitrogens is 2. The van der Waals surface area contributed by atoms with Gasteiger partial charge < -0.3 is 19.7 Å². The number of ether oxygens (including phenoxy) is 2. The fourth-order valence-electron chi connectivity index (χ4n) is 4.55. The van der Waals surface area contributed by atoms with Gasteiger partial charge in [0.15, 0.2) is 5.69 Å². The predicted octanol–water partition coefficient (Wildman–Crippen LogP) is 3.93. The number of carbonyl (C=O) groups excluding carboxylic acids is 3. The molecule has 1 saturated heterocycles. The van der Waals surface area contributed by atoms with Gasteiger partial charge in [-0.25, -0.2) is 4.79 Å². The van der Waals surface area contributed by atoms with Gasteiger partial charge in [0.1, 0.15) is 10.8 Å². The molecule has 200 valence electrons. The van der Waals surface area contributed by atoms with Crippen LogP contribution in [0.1, 0.15) is 29.4 Å². The van der Waals surface area contributed by atoms with Crippen LogP contribution in [0, 0.1) is 12.8 Å². The summed E-state index contributed by atoms with van der Waals surface area (Å²) in [7, 11) is 1.54. The first-order chi connectivity index (χ1) is 18.8. The van der Waals surface area contributed by atoms with Crippen molar-refractivity contribution in [3.05, 3.63) is 75.5 Å². The van der Waals surface area contributed by atoms with Crippen LogP contribution in [0.5, 0.6) is 5.75 Å². The summed E-state index contributed by atoms with van der Waals surface area (Å²) in [6.45, 7) is 3.89. The summed E-state index contributed by atoms with van der Waals surface area (Å²) in [6.07, 6.45) is 0.0233. The number of methoxy groups -OCH3 is 1. The van der Waals surface area contributed by atoms with Gasteiger partial charge in [0.25, 0.3) is 5.56 Å². The molecule has 10 nitrogen and oxygen atoms in total. The van der Waals surface area contributed by atoms with E-state index in [0.717, 1.165) is 21.6 Å². The topological polar surface area (TPSA) is 120 Å². The lowest BCUT2D eigenvalue weighted by atomic mass is 10.1. The molecule has 1 fully saturated rings. The van der Waals surface area contributed by atoms with E-state index in [9.17, 15) is 19.2 Å². The maximum atomic E-state index is 13.6. The average molecular weight is 547 g/mol. The van der Waals surface area contributed by atoms with E-state index >= 15 is 0 Å². The summed E-state index contributed by atoms with van der Waals surface area (Å²) in [5.74, 6) is -1.28. The Kier molecular flexibility index (Phi) is 7.16. The number of carbonyl (C=O) groups is 3. The second kappa shape index (κ2) is 10.7. The predicted molar refractivity (Wildman–Crippen MR) is 148 cm³/mol. The largest absolute Gasteiger partial charge is 0.497 e. The zero-order chi connectivity index (χ0) is 27.7. The standard InChI is InChI=1S/C28H26N4O6S/c1-4-38-28(36)24-21-15-39-26(23(21)27(35)32(30-24)19-9-5-7-16(2)11-19)29-25(34)17-12-22(33)31(14-17)18-8-6-10-20(13-18)37-3/h5-11,13,15,17H,4,12,14H2,1-3H3,(H,29,34). The molecule has 1 unspecified atom stereocenters. The SMILES string of the molecule is CCOC(=O)c1nn(-c2cccc(C)c2)c(=O)c2c(NC(=O)C3CC(=O)N(c4cccc(OC)c4)C3)scc12. The summed E-state index contributed by atoms with van der Waals surface area (Å²) in [6, 6.07) is 14.2. The third kappa shape index (κ3) is 5.00. The zero-order valence-electron chi connectivity index (χ0n) is 21.6. The van der Waals surface area contributed by atoms with E-state index in [4.69, 9.17) is 9.47 Å². The molecule has 0 saturated carbocycles. The van der Waals surface area contributed by atoms with Gasteiger partial charge in [-0.05, 0) is 43.7 Å².